The van der Waals surface area contributed by atoms with Gasteiger partial charge in [-0.3, -0.25) is 4.99 Å². The fraction of sp³-hybridized carbons (Fsp3) is 0.136. The lowest BCUT2D eigenvalue weighted by atomic mass is 10.2. The molecule has 3 aromatic carbocycles. The highest BCUT2D eigenvalue weighted by Crippen LogP contribution is 2.25. The van der Waals surface area contributed by atoms with Crippen LogP contribution < -0.4 is 9.47 Å². The molecule has 0 saturated heterocycles. The second kappa shape index (κ2) is 9.20. The van der Waals surface area contributed by atoms with Gasteiger partial charge in [0, 0.05) is 16.3 Å². The van der Waals surface area contributed by atoms with E-state index in [1.807, 2.05) is 79.0 Å². The zero-order valence-corrected chi connectivity index (χ0v) is 16.1. The van der Waals surface area contributed by atoms with Crippen LogP contribution in [0.4, 0.5) is 5.69 Å². The summed E-state index contributed by atoms with van der Waals surface area (Å²) in [5, 5.41) is 0. The maximum atomic E-state index is 5.80. The Morgan fingerprint density at radius 3 is 2.38 bits per heavy atom. The lowest BCUT2D eigenvalue weighted by Gasteiger charge is -2.08. The number of para-hydroxylation sites is 1. The number of aliphatic imine (C=N–C) groups is 1. The highest BCUT2D eigenvalue weighted by molar-refractivity contribution is 9.10. The van der Waals surface area contributed by atoms with E-state index in [0.29, 0.717) is 6.61 Å². The van der Waals surface area contributed by atoms with Crippen molar-refractivity contribution in [1.82, 2.24) is 0 Å². The highest BCUT2D eigenvalue weighted by atomic mass is 79.9. The van der Waals surface area contributed by atoms with Gasteiger partial charge in [-0.2, -0.15) is 0 Å². The van der Waals surface area contributed by atoms with Gasteiger partial charge in [0.2, 0.25) is 0 Å². The molecule has 4 heteroatoms. The largest absolute Gasteiger partial charge is 0.493 e. The van der Waals surface area contributed by atoms with Crippen LogP contribution in [0.1, 0.15) is 18.9 Å². The monoisotopic (exact) mass is 409 g/mol. The van der Waals surface area contributed by atoms with Gasteiger partial charge in [0.15, 0.2) is 0 Å². The van der Waals surface area contributed by atoms with Crippen molar-refractivity contribution in [2.75, 3.05) is 6.61 Å². The van der Waals surface area contributed by atoms with Crippen molar-refractivity contribution >= 4 is 27.8 Å². The minimum absolute atomic E-state index is 0.688. The Labute approximate surface area is 162 Å². The Morgan fingerprint density at radius 1 is 0.923 bits per heavy atom. The molecule has 0 heterocycles. The van der Waals surface area contributed by atoms with E-state index in [9.17, 15) is 0 Å². The summed E-state index contributed by atoms with van der Waals surface area (Å²) in [4.78, 5) is 4.55. The van der Waals surface area contributed by atoms with Crippen molar-refractivity contribution in [2.45, 2.75) is 13.3 Å². The summed E-state index contributed by atoms with van der Waals surface area (Å²) < 4.78 is 12.6. The number of hydrogen-bond acceptors (Lipinski definition) is 3. The molecule has 26 heavy (non-hydrogen) atoms. The normalized spacial score (nSPS) is 10.8. The van der Waals surface area contributed by atoms with E-state index < -0.39 is 0 Å². The van der Waals surface area contributed by atoms with E-state index in [0.717, 1.165) is 39.4 Å². The minimum atomic E-state index is 0.688. The Balaban J connectivity index is 1.71. The van der Waals surface area contributed by atoms with Crippen molar-refractivity contribution in [3.05, 3.63) is 82.8 Å². The molecule has 0 bridgehead atoms. The number of rotatable bonds is 7. The number of nitrogens with zero attached hydrogens (tertiary/aromatic N) is 1. The minimum Gasteiger partial charge on any atom is -0.493 e. The molecule has 0 aromatic heterocycles. The SMILES string of the molecule is CCCOc1ccc(Br)cc1C=Nc1ccc(Oc2ccccc2)cc1. The number of hydrogen-bond donors (Lipinski definition) is 0. The molecule has 0 aliphatic carbocycles. The molecule has 0 aliphatic heterocycles. The molecule has 3 rings (SSSR count). The van der Waals surface area contributed by atoms with Crippen LogP contribution in [-0.2, 0) is 0 Å². The first-order valence-corrected chi connectivity index (χ1v) is 9.33. The molecule has 0 saturated carbocycles. The van der Waals surface area contributed by atoms with Crippen molar-refractivity contribution in [3.8, 4) is 17.2 Å². The second-order valence-corrected chi connectivity index (χ2v) is 6.61. The van der Waals surface area contributed by atoms with Crippen LogP contribution in [0, 0.1) is 0 Å². The first kappa shape index (κ1) is 18.2. The summed E-state index contributed by atoms with van der Waals surface area (Å²) in [5.74, 6) is 2.43. The second-order valence-electron chi connectivity index (χ2n) is 5.70. The molecule has 0 N–H and O–H groups in total. The van der Waals surface area contributed by atoms with Crippen LogP contribution in [0.5, 0.6) is 17.2 Å². The number of benzene rings is 3. The highest BCUT2D eigenvalue weighted by Gasteiger charge is 2.03. The molecular formula is C22H20BrNO2. The summed E-state index contributed by atoms with van der Waals surface area (Å²) >= 11 is 3.50. The third-order valence-electron chi connectivity index (χ3n) is 3.60. The Kier molecular flexibility index (Phi) is 6.45. The smallest absolute Gasteiger partial charge is 0.128 e. The van der Waals surface area contributed by atoms with Gasteiger partial charge in [0.05, 0.1) is 12.3 Å². The first-order chi connectivity index (χ1) is 12.7. The maximum absolute atomic E-state index is 5.80. The van der Waals surface area contributed by atoms with Gasteiger partial charge >= 0.3 is 0 Å². The van der Waals surface area contributed by atoms with Crippen molar-refractivity contribution < 1.29 is 9.47 Å². The van der Waals surface area contributed by atoms with E-state index in [4.69, 9.17) is 9.47 Å². The van der Waals surface area contributed by atoms with Gasteiger partial charge in [0.25, 0.3) is 0 Å². The quantitative estimate of drug-likeness (QED) is 0.402. The van der Waals surface area contributed by atoms with Gasteiger partial charge < -0.3 is 9.47 Å². The van der Waals surface area contributed by atoms with Crippen LogP contribution in [0.25, 0.3) is 0 Å². The molecule has 0 amide bonds. The Hall–Kier alpha value is -2.59. The third-order valence-corrected chi connectivity index (χ3v) is 4.10. The van der Waals surface area contributed by atoms with Crippen molar-refractivity contribution in [3.63, 3.8) is 0 Å². The zero-order chi connectivity index (χ0) is 18.2. The molecule has 0 aliphatic rings. The molecule has 0 spiro atoms. The van der Waals surface area contributed by atoms with Gasteiger partial charge in [-0.1, -0.05) is 41.1 Å². The van der Waals surface area contributed by atoms with E-state index >= 15 is 0 Å². The molecule has 3 aromatic rings. The van der Waals surface area contributed by atoms with Crippen LogP contribution in [0.15, 0.2) is 82.3 Å². The van der Waals surface area contributed by atoms with Crippen LogP contribution in [-0.4, -0.2) is 12.8 Å². The molecule has 0 atom stereocenters. The zero-order valence-electron chi connectivity index (χ0n) is 14.6. The van der Waals surface area contributed by atoms with Gasteiger partial charge in [-0.15, -0.1) is 0 Å². The van der Waals surface area contributed by atoms with Crippen LogP contribution >= 0.6 is 15.9 Å². The summed E-state index contributed by atoms with van der Waals surface area (Å²) in [5.41, 5.74) is 1.80. The topological polar surface area (TPSA) is 30.8 Å². The number of halogens is 1. The van der Waals surface area contributed by atoms with E-state index in [2.05, 4.69) is 27.8 Å². The standard InChI is InChI=1S/C22H20BrNO2/c1-2-14-25-22-13-8-18(23)15-17(22)16-24-19-9-11-21(12-10-19)26-20-6-4-3-5-7-20/h3-13,15-16H,2,14H2,1H3. The summed E-state index contributed by atoms with van der Waals surface area (Å²) in [6, 6.07) is 23.3. The predicted molar refractivity (Wildman–Crippen MR) is 110 cm³/mol. The molecule has 0 unspecified atom stereocenters. The van der Waals surface area contributed by atoms with Gasteiger partial charge in [-0.05, 0) is 61.0 Å². The Bertz CT molecular complexity index is 861. The fourth-order valence-electron chi connectivity index (χ4n) is 2.33. The van der Waals surface area contributed by atoms with E-state index in [-0.39, 0.29) is 0 Å². The van der Waals surface area contributed by atoms with Crippen molar-refractivity contribution in [2.24, 2.45) is 4.99 Å². The molecule has 3 nitrogen and oxygen atoms in total. The summed E-state index contributed by atoms with van der Waals surface area (Å²) in [6.07, 6.45) is 2.79. The van der Waals surface area contributed by atoms with E-state index in [1.165, 1.54) is 0 Å². The Morgan fingerprint density at radius 2 is 1.65 bits per heavy atom. The number of ether oxygens (including phenoxy) is 2. The van der Waals surface area contributed by atoms with Gasteiger partial charge in [0.1, 0.15) is 17.2 Å². The lowest BCUT2D eigenvalue weighted by Crippen LogP contribution is -1.98. The van der Waals surface area contributed by atoms with Crippen molar-refractivity contribution in [1.29, 1.82) is 0 Å². The average Bonchev–Trinajstić information content (AvgIpc) is 2.67. The predicted octanol–water partition coefficient (Wildman–Crippen LogP) is 6.78. The molecule has 0 radical (unpaired) electrons. The van der Waals surface area contributed by atoms with Gasteiger partial charge in [-0.25, -0.2) is 0 Å². The summed E-state index contributed by atoms with van der Waals surface area (Å²) in [6.45, 7) is 2.78. The molecular weight excluding hydrogens is 390 g/mol. The van der Waals surface area contributed by atoms with Crippen LogP contribution in [0.3, 0.4) is 0 Å². The molecule has 0 fully saturated rings. The fourth-order valence-corrected chi connectivity index (χ4v) is 2.71. The van der Waals surface area contributed by atoms with Crippen LogP contribution in [0.2, 0.25) is 0 Å². The third kappa shape index (κ3) is 5.20. The summed E-state index contributed by atoms with van der Waals surface area (Å²) in [7, 11) is 0. The average molecular weight is 410 g/mol. The van der Waals surface area contributed by atoms with E-state index in [1.54, 1.807) is 0 Å². The lowest BCUT2D eigenvalue weighted by molar-refractivity contribution is 0.317. The molecule has 132 valence electrons. The first-order valence-electron chi connectivity index (χ1n) is 8.54. The maximum Gasteiger partial charge on any atom is 0.128 e.